The number of hydrogen-bond donors (Lipinski definition) is 1. The number of hydrogen-bond acceptors (Lipinski definition) is 2. The molecule has 2 N–H and O–H groups in total. The Morgan fingerprint density at radius 3 is 2.53 bits per heavy atom. The van der Waals surface area contributed by atoms with Crippen LogP contribution in [0.2, 0.25) is 0 Å². The van der Waals surface area contributed by atoms with E-state index in [2.05, 4.69) is 20.7 Å². The van der Waals surface area contributed by atoms with Crippen LogP contribution in [0.4, 0.5) is 13.2 Å². The predicted octanol–water partition coefficient (Wildman–Crippen LogP) is 2.65. The van der Waals surface area contributed by atoms with Gasteiger partial charge < -0.3 is 10.5 Å². The number of alkyl halides is 2. The Kier molecular flexibility index (Phi) is 3.62. The highest BCUT2D eigenvalue weighted by Gasteiger charge is 2.36. The van der Waals surface area contributed by atoms with Crippen LogP contribution in [0.15, 0.2) is 16.6 Å². The Balaban J connectivity index is 3.39. The quantitative estimate of drug-likeness (QED) is 0.926. The second-order valence-corrected chi connectivity index (χ2v) is 3.79. The molecule has 2 nitrogen and oxygen atoms in total. The van der Waals surface area contributed by atoms with Gasteiger partial charge in [0, 0.05) is 4.47 Å². The van der Waals surface area contributed by atoms with Crippen molar-refractivity contribution in [2.24, 2.45) is 5.73 Å². The first kappa shape index (κ1) is 12.3. The smallest absolute Gasteiger partial charge is 0.291 e. The first-order chi connectivity index (χ1) is 6.92. The Hall–Kier alpha value is -0.750. The summed E-state index contributed by atoms with van der Waals surface area (Å²) in [7, 11) is 1.19. The van der Waals surface area contributed by atoms with Crippen molar-refractivity contribution in [1.29, 1.82) is 0 Å². The molecule has 0 amide bonds. The van der Waals surface area contributed by atoms with Gasteiger partial charge in [-0.15, -0.1) is 0 Å². The van der Waals surface area contributed by atoms with Gasteiger partial charge in [0.15, 0.2) is 0 Å². The molecule has 0 spiro atoms. The van der Waals surface area contributed by atoms with E-state index in [9.17, 15) is 13.2 Å². The summed E-state index contributed by atoms with van der Waals surface area (Å²) in [5.74, 6) is -4.70. The molecule has 0 saturated carbocycles. The van der Waals surface area contributed by atoms with Gasteiger partial charge in [0.25, 0.3) is 5.92 Å². The van der Waals surface area contributed by atoms with Crippen LogP contribution in [-0.2, 0) is 5.92 Å². The lowest BCUT2D eigenvalue weighted by Gasteiger charge is -2.18. The lowest BCUT2D eigenvalue weighted by molar-refractivity contribution is 0.00000830. The van der Waals surface area contributed by atoms with Crippen molar-refractivity contribution < 1.29 is 17.9 Å². The van der Waals surface area contributed by atoms with E-state index in [0.29, 0.717) is 4.47 Å². The Morgan fingerprint density at radius 1 is 1.47 bits per heavy atom. The average Bonchev–Trinajstić information content (AvgIpc) is 2.15. The van der Waals surface area contributed by atoms with Gasteiger partial charge in [0.1, 0.15) is 11.6 Å². The van der Waals surface area contributed by atoms with Gasteiger partial charge in [-0.1, -0.05) is 15.9 Å². The predicted molar refractivity (Wildman–Crippen MR) is 53.6 cm³/mol. The minimum atomic E-state index is -3.43. The fourth-order valence-corrected chi connectivity index (χ4v) is 1.58. The van der Waals surface area contributed by atoms with Crippen molar-refractivity contribution >= 4 is 15.9 Å². The molecule has 84 valence electrons. The van der Waals surface area contributed by atoms with Crippen LogP contribution in [0.1, 0.15) is 5.56 Å². The topological polar surface area (TPSA) is 35.2 Å². The van der Waals surface area contributed by atoms with Gasteiger partial charge in [0.2, 0.25) is 0 Å². The number of benzene rings is 1. The van der Waals surface area contributed by atoms with E-state index in [0.717, 1.165) is 6.07 Å². The van der Waals surface area contributed by atoms with E-state index in [1.165, 1.54) is 13.2 Å². The average molecular weight is 284 g/mol. The zero-order chi connectivity index (χ0) is 11.6. The summed E-state index contributed by atoms with van der Waals surface area (Å²) in [4.78, 5) is 0. The largest absolute Gasteiger partial charge is 0.496 e. The minimum Gasteiger partial charge on any atom is -0.496 e. The SMILES string of the molecule is COc1cc(Br)cc(F)c1C(F)(F)CN. The van der Waals surface area contributed by atoms with Gasteiger partial charge in [-0.25, -0.2) is 4.39 Å². The molecule has 0 unspecified atom stereocenters. The van der Waals surface area contributed by atoms with E-state index in [-0.39, 0.29) is 5.75 Å². The van der Waals surface area contributed by atoms with E-state index in [1.807, 2.05) is 0 Å². The number of halogens is 4. The number of methoxy groups -OCH3 is 1. The summed E-state index contributed by atoms with van der Waals surface area (Å²) in [6.45, 7) is -0.970. The lowest BCUT2D eigenvalue weighted by Crippen LogP contribution is -2.27. The highest BCUT2D eigenvalue weighted by atomic mass is 79.9. The van der Waals surface area contributed by atoms with Crippen molar-refractivity contribution in [3.63, 3.8) is 0 Å². The maximum Gasteiger partial charge on any atom is 0.291 e. The molecule has 0 bridgehead atoms. The molecule has 0 atom stereocenters. The van der Waals surface area contributed by atoms with E-state index in [4.69, 9.17) is 5.73 Å². The third-order valence-electron chi connectivity index (χ3n) is 1.86. The first-order valence-corrected chi connectivity index (χ1v) is 4.83. The molecule has 0 radical (unpaired) electrons. The van der Waals surface area contributed by atoms with Crippen LogP contribution < -0.4 is 10.5 Å². The van der Waals surface area contributed by atoms with Gasteiger partial charge >= 0.3 is 0 Å². The molecular weight excluding hydrogens is 275 g/mol. The molecule has 6 heteroatoms. The Labute approximate surface area is 93.3 Å². The molecule has 0 saturated heterocycles. The van der Waals surface area contributed by atoms with E-state index >= 15 is 0 Å². The van der Waals surface area contributed by atoms with Crippen molar-refractivity contribution in [3.8, 4) is 5.75 Å². The van der Waals surface area contributed by atoms with Crippen molar-refractivity contribution in [3.05, 3.63) is 28.0 Å². The van der Waals surface area contributed by atoms with Crippen LogP contribution in [0, 0.1) is 5.82 Å². The summed E-state index contributed by atoms with van der Waals surface area (Å²) < 4.78 is 44.9. The van der Waals surface area contributed by atoms with Crippen LogP contribution >= 0.6 is 15.9 Å². The van der Waals surface area contributed by atoms with Crippen molar-refractivity contribution in [2.75, 3.05) is 13.7 Å². The first-order valence-electron chi connectivity index (χ1n) is 4.03. The molecule has 0 heterocycles. The maximum atomic E-state index is 13.3. The molecule has 15 heavy (non-hydrogen) atoms. The molecule has 1 aromatic carbocycles. The van der Waals surface area contributed by atoms with Gasteiger partial charge in [-0.2, -0.15) is 8.78 Å². The summed E-state index contributed by atoms with van der Waals surface area (Å²) >= 11 is 2.98. The highest BCUT2D eigenvalue weighted by molar-refractivity contribution is 9.10. The number of nitrogens with two attached hydrogens (primary N) is 1. The minimum absolute atomic E-state index is 0.225. The molecule has 0 aliphatic carbocycles. The second kappa shape index (κ2) is 4.40. The fourth-order valence-electron chi connectivity index (χ4n) is 1.17. The standard InChI is InChI=1S/C9H9BrF3NO/c1-15-7-3-5(10)2-6(11)8(7)9(12,13)4-14/h2-3H,4,14H2,1H3. The Morgan fingerprint density at radius 2 is 2.07 bits per heavy atom. The van der Waals surface area contributed by atoms with E-state index < -0.39 is 23.8 Å². The molecule has 0 aliphatic heterocycles. The van der Waals surface area contributed by atoms with Crippen LogP contribution in [0.3, 0.4) is 0 Å². The molecule has 1 aromatic rings. The number of rotatable bonds is 3. The van der Waals surface area contributed by atoms with E-state index in [1.54, 1.807) is 0 Å². The molecule has 0 aromatic heterocycles. The van der Waals surface area contributed by atoms with Crippen LogP contribution in [0.25, 0.3) is 0 Å². The summed E-state index contributed by atoms with van der Waals surface area (Å²) in [6.07, 6.45) is 0. The molecular formula is C9H9BrF3NO. The summed E-state index contributed by atoms with van der Waals surface area (Å²) in [5.41, 5.74) is 4.08. The van der Waals surface area contributed by atoms with Gasteiger partial charge in [0.05, 0.1) is 19.2 Å². The normalized spacial score (nSPS) is 11.6. The third kappa shape index (κ3) is 2.43. The monoisotopic (exact) mass is 283 g/mol. The summed E-state index contributed by atoms with van der Waals surface area (Å²) in [6, 6.07) is 2.21. The molecule has 0 aliphatic rings. The Bertz CT molecular complexity index is 371. The lowest BCUT2D eigenvalue weighted by atomic mass is 10.1. The van der Waals surface area contributed by atoms with Crippen LogP contribution in [-0.4, -0.2) is 13.7 Å². The summed E-state index contributed by atoms with van der Waals surface area (Å²) in [5, 5.41) is 0. The fraction of sp³-hybridized carbons (Fsp3) is 0.333. The van der Waals surface area contributed by atoms with Gasteiger partial charge in [-0.05, 0) is 12.1 Å². The van der Waals surface area contributed by atoms with Crippen molar-refractivity contribution in [2.45, 2.75) is 5.92 Å². The van der Waals surface area contributed by atoms with Crippen molar-refractivity contribution in [1.82, 2.24) is 0 Å². The van der Waals surface area contributed by atoms with Crippen LogP contribution in [0.5, 0.6) is 5.75 Å². The molecule has 0 fully saturated rings. The zero-order valence-corrected chi connectivity index (χ0v) is 9.45. The maximum absolute atomic E-state index is 13.3. The highest BCUT2D eigenvalue weighted by Crippen LogP contribution is 2.37. The molecule has 1 rings (SSSR count). The third-order valence-corrected chi connectivity index (χ3v) is 2.32. The van der Waals surface area contributed by atoms with Gasteiger partial charge in [-0.3, -0.25) is 0 Å². The second-order valence-electron chi connectivity index (χ2n) is 2.87. The number of ether oxygens (including phenoxy) is 1. The zero-order valence-electron chi connectivity index (χ0n) is 7.86.